The molecule has 25 heavy (non-hydrogen) atoms. The molecule has 0 aliphatic heterocycles. The zero-order valence-electron chi connectivity index (χ0n) is 13.0. The minimum atomic E-state index is -1.70. The topological polar surface area (TPSA) is 55.4 Å². The molecule has 0 fully saturated rings. The summed E-state index contributed by atoms with van der Waals surface area (Å²) in [5.74, 6) is -6.18. The monoisotopic (exact) mass is 371 g/mol. The third-order valence-corrected chi connectivity index (χ3v) is 3.48. The van der Waals surface area contributed by atoms with Crippen LogP contribution in [0.1, 0.15) is 12.5 Å². The van der Waals surface area contributed by atoms with Gasteiger partial charge in [-0.15, -0.1) is 0 Å². The van der Waals surface area contributed by atoms with Gasteiger partial charge in [0.05, 0.1) is 12.1 Å². The summed E-state index contributed by atoms with van der Waals surface area (Å²) in [5.41, 5.74) is 0.0816. The highest BCUT2D eigenvalue weighted by molar-refractivity contribution is 6.30. The summed E-state index contributed by atoms with van der Waals surface area (Å²) >= 11 is 5.73. The molecule has 0 radical (unpaired) electrons. The SMILES string of the molecule is C[C@@H](OC(=O)Cc1ccc(Cl)cc1)C(=O)Nc1ccc(F)c(F)c1F. The van der Waals surface area contributed by atoms with Crippen molar-refractivity contribution in [3.8, 4) is 0 Å². The van der Waals surface area contributed by atoms with E-state index in [1.54, 1.807) is 24.3 Å². The van der Waals surface area contributed by atoms with E-state index < -0.39 is 41.1 Å². The van der Waals surface area contributed by atoms with E-state index in [0.29, 0.717) is 16.7 Å². The Balaban J connectivity index is 1.94. The molecule has 0 aliphatic rings. The zero-order chi connectivity index (χ0) is 18.6. The number of benzene rings is 2. The number of hydrogen-bond acceptors (Lipinski definition) is 3. The second-order valence-electron chi connectivity index (χ2n) is 5.15. The van der Waals surface area contributed by atoms with Crippen LogP contribution in [0.4, 0.5) is 18.9 Å². The van der Waals surface area contributed by atoms with Crippen molar-refractivity contribution in [1.82, 2.24) is 0 Å². The molecule has 1 N–H and O–H groups in total. The standard InChI is InChI=1S/C17H13ClF3NO3/c1-9(25-14(23)8-10-2-4-11(18)5-3-10)17(24)22-13-7-6-12(19)15(20)16(13)21/h2-7,9H,8H2,1H3,(H,22,24)/t9-/m1/s1. The lowest BCUT2D eigenvalue weighted by Gasteiger charge is -2.14. The molecule has 0 spiro atoms. The van der Waals surface area contributed by atoms with Crippen LogP contribution in [-0.2, 0) is 20.7 Å². The van der Waals surface area contributed by atoms with Crippen LogP contribution < -0.4 is 5.32 Å². The van der Waals surface area contributed by atoms with E-state index in [0.717, 1.165) is 6.07 Å². The summed E-state index contributed by atoms with van der Waals surface area (Å²) in [6.45, 7) is 1.27. The number of anilines is 1. The molecule has 0 saturated carbocycles. The van der Waals surface area contributed by atoms with Crippen molar-refractivity contribution < 1.29 is 27.5 Å². The van der Waals surface area contributed by atoms with E-state index >= 15 is 0 Å². The molecule has 132 valence electrons. The number of carbonyl (C=O) groups is 2. The lowest BCUT2D eigenvalue weighted by molar-refractivity contribution is -0.152. The van der Waals surface area contributed by atoms with Crippen molar-refractivity contribution in [2.24, 2.45) is 0 Å². The highest BCUT2D eigenvalue weighted by atomic mass is 35.5. The van der Waals surface area contributed by atoms with Gasteiger partial charge in [-0.2, -0.15) is 0 Å². The lowest BCUT2D eigenvalue weighted by atomic mass is 10.1. The lowest BCUT2D eigenvalue weighted by Crippen LogP contribution is -2.31. The van der Waals surface area contributed by atoms with Crippen LogP contribution >= 0.6 is 11.6 Å². The van der Waals surface area contributed by atoms with Gasteiger partial charge in [0.15, 0.2) is 23.6 Å². The Bertz CT molecular complexity index is 796. The van der Waals surface area contributed by atoms with Crippen LogP contribution in [0.3, 0.4) is 0 Å². The molecule has 2 aromatic rings. The van der Waals surface area contributed by atoms with Crippen molar-refractivity contribution in [1.29, 1.82) is 0 Å². The summed E-state index contributed by atoms with van der Waals surface area (Å²) in [7, 11) is 0. The molecular weight excluding hydrogens is 359 g/mol. The maximum absolute atomic E-state index is 13.5. The molecule has 0 saturated heterocycles. The number of carbonyl (C=O) groups excluding carboxylic acids is 2. The first-order valence-corrected chi connectivity index (χ1v) is 7.54. The first kappa shape index (κ1) is 18.8. The van der Waals surface area contributed by atoms with E-state index in [1.807, 2.05) is 5.32 Å². The number of esters is 1. The van der Waals surface area contributed by atoms with Crippen LogP contribution in [0, 0.1) is 17.5 Å². The Kier molecular flexibility index (Phi) is 6.03. The number of ether oxygens (including phenoxy) is 1. The van der Waals surface area contributed by atoms with Gasteiger partial charge >= 0.3 is 5.97 Å². The number of amides is 1. The molecule has 0 heterocycles. The van der Waals surface area contributed by atoms with Crippen LogP contribution in [0.5, 0.6) is 0 Å². The summed E-state index contributed by atoms with van der Waals surface area (Å²) < 4.78 is 44.4. The molecule has 2 aromatic carbocycles. The summed E-state index contributed by atoms with van der Waals surface area (Å²) in [6, 6.07) is 8.01. The second-order valence-corrected chi connectivity index (χ2v) is 5.58. The molecule has 1 amide bonds. The maximum Gasteiger partial charge on any atom is 0.311 e. The molecular formula is C17H13ClF3NO3. The summed E-state index contributed by atoms with van der Waals surface area (Å²) in [6.07, 6.45) is -1.35. The fourth-order valence-electron chi connectivity index (χ4n) is 1.92. The summed E-state index contributed by atoms with van der Waals surface area (Å²) in [5, 5.41) is 2.55. The third kappa shape index (κ3) is 4.96. The van der Waals surface area contributed by atoms with E-state index in [4.69, 9.17) is 16.3 Å². The zero-order valence-corrected chi connectivity index (χ0v) is 13.7. The molecule has 1 atom stereocenters. The Labute approximate surface area is 146 Å². The smallest absolute Gasteiger partial charge is 0.311 e. The Hall–Kier alpha value is -2.54. The van der Waals surface area contributed by atoms with E-state index in [-0.39, 0.29) is 6.42 Å². The Morgan fingerprint density at radius 1 is 1.08 bits per heavy atom. The third-order valence-electron chi connectivity index (χ3n) is 3.23. The highest BCUT2D eigenvalue weighted by Gasteiger charge is 2.21. The minimum absolute atomic E-state index is 0.0890. The van der Waals surface area contributed by atoms with Gasteiger partial charge in [-0.25, -0.2) is 13.2 Å². The number of rotatable bonds is 5. The van der Waals surface area contributed by atoms with Crippen LogP contribution in [0.15, 0.2) is 36.4 Å². The molecule has 4 nitrogen and oxygen atoms in total. The van der Waals surface area contributed by atoms with E-state index in [1.165, 1.54) is 6.92 Å². The van der Waals surface area contributed by atoms with E-state index in [9.17, 15) is 22.8 Å². The van der Waals surface area contributed by atoms with Gasteiger partial charge in [-0.05, 0) is 36.8 Å². The van der Waals surface area contributed by atoms with Gasteiger partial charge < -0.3 is 10.1 Å². The molecule has 0 aromatic heterocycles. The Morgan fingerprint density at radius 2 is 1.72 bits per heavy atom. The quantitative estimate of drug-likeness (QED) is 0.641. The number of nitrogens with one attached hydrogen (secondary N) is 1. The predicted molar refractivity (Wildman–Crippen MR) is 85.7 cm³/mol. The first-order chi connectivity index (χ1) is 11.8. The van der Waals surface area contributed by atoms with Crippen molar-refractivity contribution in [2.45, 2.75) is 19.4 Å². The van der Waals surface area contributed by atoms with Crippen LogP contribution in [-0.4, -0.2) is 18.0 Å². The molecule has 0 bridgehead atoms. The second kappa shape index (κ2) is 8.02. The Morgan fingerprint density at radius 3 is 2.36 bits per heavy atom. The van der Waals surface area contributed by atoms with Gasteiger partial charge in [0.25, 0.3) is 5.91 Å². The van der Waals surface area contributed by atoms with Gasteiger partial charge in [-0.1, -0.05) is 23.7 Å². The van der Waals surface area contributed by atoms with Crippen molar-refractivity contribution in [3.05, 3.63) is 64.4 Å². The van der Waals surface area contributed by atoms with Crippen molar-refractivity contribution in [3.63, 3.8) is 0 Å². The van der Waals surface area contributed by atoms with Gasteiger partial charge in [0.2, 0.25) is 0 Å². The van der Waals surface area contributed by atoms with Gasteiger partial charge in [0.1, 0.15) is 0 Å². The maximum atomic E-state index is 13.5. The van der Waals surface area contributed by atoms with Gasteiger partial charge in [0, 0.05) is 5.02 Å². The fourth-order valence-corrected chi connectivity index (χ4v) is 2.04. The first-order valence-electron chi connectivity index (χ1n) is 7.16. The normalized spacial score (nSPS) is 11.7. The van der Waals surface area contributed by atoms with Crippen LogP contribution in [0.2, 0.25) is 5.02 Å². The number of halogens is 4. The molecule has 2 rings (SSSR count). The van der Waals surface area contributed by atoms with Crippen molar-refractivity contribution >= 4 is 29.2 Å². The molecule has 0 aliphatic carbocycles. The fraction of sp³-hybridized carbons (Fsp3) is 0.176. The van der Waals surface area contributed by atoms with Crippen molar-refractivity contribution in [2.75, 3.05) is 5.32 Å². The molecule has 8 heteroatoms. The van der Waals surface area contributed by atoms with E-state index in [2.05, 4.69) is 0 Å². The average molecular weight is 372 g/mol. The minimum Gasteiger partial charge on any atom is -0.452 e. The number of hydrogen-bond donors (Lipinski definition) is 1. The predicted octanol–water partition coefficient (Wildman–Crippen LogP) is 3.87. The highest BCUT2D eigenvalue weighted by Crippen LogP contribution is 2.20. The van der Waals surface area contributed by atoms with Crippen LogP contribution in [0.25, 0.3) is 0 Å². The largest absolute Gasteiger partial charge is 0.452 e. The van der Waals surface area contributed by atoms with Gasteiger partial charge in [-0.3, -0.25) is 9.59 Å². The summed E-state index contributed by atoms with van der Waals surface area (Å²) in [4.78, 5) is 23.7. The molecule has 0 unspecified atom stereocenters. The average Bonchev–Trinajstić information content (AvgIpc) is 2.57.